The van der Waals surface area contributed by atoms with E-state index >= 15 is 0 Å². The quantitative estimate of drug-likeness (QED) is 0.720. The third kappa shape index (κ3) is 1.60. The highest BCUT2D eigenvalue weighted by molar-refractivity contribution is 5.21. The summed E-state index contributed by atoms with van der Waals surface area (Å²) in [5.41, 5.74) is 0.236. The summed E-state index contributed by atoms with van der Waals surface area (Å²) in [6, 6.07) is 9.49. The molecule has 1 fully saturated rings. The fraction of sp³-hybridized carbons (Fsp3) is 0.455. The molecular weight excluding hydrogens is 164 g/mol. The van der Waals surface area contributed by atoms with Crippen molar-refractivity contribution in [1.82, 2.24) is 0 Å². The second-order valence-corrected chi connectivity index (χ2v) is 4.02. The molecule has 70 valence electrons. The Balaban J connectivity index is 2.12. The van der Waals surface area contributed by atoms with Gasteiger partial charge in [0.25, 0.3) is 0 Å². The molecular formula is C11H14O2. The lowest BCUT2D eigenvalue weighted by molar-refractivity contribution is 0.0822. The third-order valence-electron chi connectivity index (χ3n) is 2.79. The largest absolute Gasteiger partial charge is 0.390 e. The van der Waals surface area contributed by atoms with E-state index in [0.29, 0.717) is 6.42 Å². The van der Waals surface area contributed by atoms with E-state index in [4.69, 9.17) is 0 Å². The predicted octanol–water partition coefficient (Wildman–Crippen LogP) is 1.49. The molecule has 2 rings (SSSR count). The first-order valence-electron chi connectivity index (χ1n) is 4.56. The zero-order chi connectivity index (χ0) is 9.47. The van der Waals surface area contributed by atoms with Gasteiger partial charge in [-0.25, -0.2) is 0 Å². The van der Waals surface area contributed by atoms with Gasteiger partial charge < -0.3 is 10.2 Å². The summed E-state index contributed by atoms with van der Waals surface area (Å²) in [6.45, 7) is 1.77. The Labute approximate surface area is 77.8 Å². The molecule has 1 aliphatic carbocycles. The number of hydrogen-bond acceptors (Lipinski definition) is 2. The normalized spacial score (nSPS) is 34.2. The molecule has 0 saturated heterocycles. The van der Waals surface area contributed by atoms with E-state index in [1.165, 1.54) is 0 Å². The first-order valence-corrected chi connectivity index (χ1v) is 4.56. The van der Waals surface area contributed by atoms with Crippen LogP contribution >= 0.6 is 0 Å². The maximum absolute atomic E-state index is 9.84. The SMILES string of the molecule is CC1(O)CC1C(O)c1ccccc1. The molecule has 0 spiro atoms. The average molecular weight is 178 g/mol. The van der Waals surface area contributed by atoms with Crippen molar-refractivity contribution in [3.8, 4) is 0 Å². The van der Waals surface area contributed by atoms with Gasteiger partial charge >= 0.3 is 0 Å². The van der Waals surface area contributed by atoms with Crippen LogP contribution in [0, 0.1) is 5.92 Å². The van der Waals surface area contributed by atoms with Crippen molar-refractivity contribution >= 4 is 0 Å². The Morgan fingerprint density at radius 1 is 1.38 bits per heavy atom. The zero-order valence-corrected chi connectivity index (χ0v) is 7.64. The van der Waals surface area contributed by atoms with E-state index in [2.05, 4.69) is 0 Å². The molecule has 0 bridgehead atoms. The van der Waals surface area contributed by atoms with Crippen LogP contribution in [0.15, 0.2) is 30.3 Å². The van der Waals surface area contributed by atoms with E-state index < -0.39 is 11.7 Å². The third-order valence-corrected chi connectivity index (χ3v) is 2.79. The van der Waals surface area contributed by atoms with Crippen LogP contribution in [-0.2, 0) is 0 Å². The Kier molecular flexibility index (Phi) is 1.90. The van der Waals surface area contributed by atoms with Crippen molar-refractivity contribution in [2.75, 3.05) is 0 Å². The molecule has 3 atom stereocenters. The molecule has 2 nitrogen and oxygen atoms in total. The smallest absolute Gasteiger partial charge is 0.0846 e. The van der Waals surface area contributed by atoms with Gasteiger partial charge in [0.2, 0.25) is 0 Å². The molecule has 1 aliphatic rings. The first-order chi connectivity index (χ1) is 6.11. The lowest BCUT2D eigenvalue weighted by Crippen LogP contribution is -2.10. The van der Waals surface area contributed by atoms with Gasteiger partial charge in [-0.1, -0.05) is 30.3 Å². The van der Waals surface area contributed by atoms with E-state index in [1.807, 2.05) is 30.3 Å². The van der Waals surface area contributed by atoms with Gasteiger partial charge in [-0.3, -0.25) is 0 Å². The van der Waals surface area contributed by atoms with Crippen LogP contribution in [0.1, 0.15) is 25.0 Å². The van der Waals surface area contributed by atoms with E-state index in [9.17, 15) is 10.2 Å². The minimum atomic E-state index is -0.657. The number of aliphatic hydroxyl groups excluding tert-OH is 1. The summed E-state index contributed by atoms with van der Waals surface area (Å²) in [5, 5.41) is 19.4. The van der Waals surface area contributed by atoms with Crippen LogP contribution in [0.4, 0.5) is 0 Å². The van der Waals surface area contributed by atoms with Crippen molar-refractivity contribution in [3.05, 3.63) is 35.9 Å². The minimum Gasteiger partial charge on any atom is -0.390 e. The van der Waals surface area contributed by atoms with Crippen LogP contribution in [0.5, 0.6) is 0 Å². The molecule has 2 heteroatoms. The second kappa shape index (κ2) is 2.82. The highest BCUT2D eigenvalue weighted by Gasteiger charge is 2.52. The fourth-order valence-corrected chi connectivity index (χ4v) is 1.72. The van der Waals surface area contributed by atoms with Crippen molar-refractivity contribution in [3.63, 3.8) is 0 Å². The maximum Gasteiger partial charge on any atom is 0.0846 e. The molecule has 0 heterocycles. The van der Waals surface area contributed by atoms with Crippen LogP contribution in [-0.4, -0.2) is 15.8 Å². The topological polar surface area (TPSA) is 40.5 Å². The number of rotatable bonds is 2. The van der Waals surface area contributed by atoms with Gasteiger partial charge in [-0.15, -0.1) is 0 Å². The predicted molar refractivity (Wildman–Crippen MR) is 50.1 cm³/mol. The number of aliphatic hydroxyl groups is 2. The molecule has 0 amide bonds. The highest BCUT2D eigenvalue weighted by atomic mass is 16.3. The standard InChI is InChI=1S/C11H14O2/c1-11(13)7-9(11)10(12)8-5-3-2-4-6-8/h2-6,9-10,12-13H,7H2,1H3. The fourth-order valence-electron chi connectivity index (χ4n) is 1.72. The van der Waals surface area contributed by atoms with Crippen molar-refractivity contribution < 1.29 is 10.2 Å². The summed E-state index contributed by atoms with van der Waals surface area (Å²) in [5.74, 6) is 0.00917. The van der Waals surface area contributed by atoms with Crippen molar-refractivity contribution in [1.29, 1.82) is 0 Å². The van der Waals surface area contributed by atoms with Crippen LogP contribution in [0.2, 0.25) is 0 Å². The lowest BCUT2D eigenvalue weighted by atomic mass is 10.0. The monoisotopic (exact) mass is 178 g/mol. The van der Waals surface area contributed by atoms with Crippen LogP contribution < -0.4 is 0 Å². The average Bonchev–Trinajstić information content (AvgIpc) is 2.76. The van der Waals surface area contributed by atoms with Gasteiger partial charge in [0.05, 0.1) is 11.7 Å². The van der Waals surface area contributed by atoms with E-state index in [1.54, 1.807) is 6.92 Å². The summed E-state index contributed by atoms with van der Waals surface area (Å²) in [7, 11) is 0. The maximum atomic E-state index is 9.84. The Morgan fingerprint density at radius 3 is 2.38 bits per heavy atom. The van der Waals surface area contributed by atoms with Gasteiger partial charge in [0.1, 0.15) is 0 Å². The molecule has 13 heavy (non-hydrogen) atoms. The molecule has 0 aliphatic heterocycles. The van der Waals surface area contributed by atoms with Crippen molar-refractivity contribution in [2.45, 2.75) is 25.0 Å². The van der Waals surface area contributed by atoms with Gasteiger partial charge in [0.15, 0.2) is 0 Å². The van der Waals surface area contributed by atoms with Gasteiger partial charge in [-0.05, 0) is 18.9 Å². The zero-order valence-electron chi connectivity index (χ0n) is 7.64. The molecule has 1 aromatic carbocycles. The molecule has 3 unspecified atom stereocenters. The van der Waals surface area contributed by atoms with E-state index in [-0.39, 0.29) is 5.92 Å². The highest BCUT2D eigenvalue weighted by Crippen LogP contribution is 2.50. The lowest BCUT2D eigenvalue weighted by Gasteiger charge is -2.11. The van der Waals surface area contributed by atoms with Crippen LogP contribution in [0.25, 0.3) is 0 Å². The Bertz CT molecular complexity index is 292. The summed E-state index contributed by atoms with van der Waals surface area (Å²) < 4.78 is 0. The summed E-state index contributed by atoms with van der Waals surface area (Å²) in [4.78, 5) is 0. The summed E-state index contributed by atoms with van der Waals surface area (Å²) in [6.07, 6.45) is 0.180. The molecule has 1 aromatic rings. The molecule has 0 aromatic heterocycles. The molecule has 1 saturated carbocycles. The molecule has 2 N–H and O–H groups in total. The summed E-state index contributed by atoms with van der Waals surface area (Å²) >= 11 is 0. The Morgan fingerprint density at radius 2 is 1.92 bits per heavy atom. The van der Waals surface area contributed by atoms with E-state index in [0.717, 1.165) is 5.56 Å². The van der Waals surface area contributed by atoms with Gasteiger partial charge in [-0.2, -0.15) is 0 Å². The van der Waals surface area contributed by atoms with Crippen LogP contribution in [0.3, 0.4) is 0 Å². The van der Waals surface area contributed by atoms with Gasteiger partial charge in [0, 0.05) is 5.92 Å². The minimum absolute atomic E-state index is 0.00917. The number of benzene rings is 1. The molecule has 0 radical (unpaired) electrons. The number of hydrogen-bond donors (Lipinski definition) is 2. The second-order valence-electron chi connectivity index (χ2n) is 4.02. The first kappa shape index (κ1) is 8.73. The Hall–Kier alpha value is -0.860. The van der Waals surface area contributed by atoms with Crippen molar-refractivity contribution in [2.24, 2.45) is 5.92 Å².